The zero-order valence-corrected chi connectivity index (χ0v) is 18.4. The van der Waals surface area contributed by atoms with Crippen molar-refractivity contribution in [2.75, 3.05) is 13.2 Å². The second kappa shape index (κ2) is 7.88. The van der Waals surface area contributed by atoms with Crippen molar-refractivity contribution in [2.24, 2.45) is 0 Å². The van der Waals surface area contributed by atoms with Crippen molar-refractivity contribution < 1.29 is 14.3 Å². The number of carbonyl (C=O) groups excluding carboxylic acids is 2. The molecule has 154 valence electrons. The first-order chi connectivity index (χ1) is 13.5. The smallest absolute Gasteiger partial charge is 0.325 e. The SMILES string of the molecule is CC(C)(C)c1ccc(OCCN2C(=O)NC(C)(c3ccc(Cl)cc3Cl)C2=O)cc1. The molecule has 0 spiro atoms. The Morgan fingerprint density at radius 2 is 1.72 bits per heavy atom. The van der Waals surface area contributed by atoms with Crippen molar-refractivity contribution in [1.82, 2.24) is 10.2 Å². The summed E-state index contributed by atoms with van der Waals surface area (Å²) in [6.07, 6.45) is 0. The van der Waals surface area contributed by atoms with Crippen LogP contribution in [0.5, 0.6) is 5.75 Å². The standard InChI is InChI=1S/C22H24Cl2N2O3/c1-21(2,3)14-5-8-16(9-6-14)29-12-11-26-19(27)22(4,25-20(26)28)17-10-7-15(23)13-18(17)24/h5-10,13H,11-12H2,1-4H3,(H,25,28). The summed E-state index contributed by atoms with van der Waals surface area (Å²) in [4.78, 5) is 26.5. The fourth-order valence-corrected chi connectivity index (χ4v) is 3.88. The fraction of sp³-hybridized carbons (Fsp3) is 0.364. The largest absolute Gasteiger partial charge is 0.492 e. The first-order valence-electron chi connectivity index (χ1n) is 9.35. The Labute approximate surface area is 180 Å². The van der Waals surface area contributed by atoms with E-state index >= 15 is 0 Å². The summed E-state index contributed by atoms with van der Waals surface area (Å²) in [6, 6.07) is 12.2. The van der Waals surface area contributed by atoms with E-state index in [2.05, 4.69) is 26.1 Å². The molecule has 0 bridgehead atoms. The van der Waals surface area contributed by atoms with Crippen LogP contribution in [0.2, 0.25) is 10.0 Å². The van der Waals surface area contributed by atoms with Crippen LogP contribution in [0.3, 0.4) is 0 Å². The van der Waals surface area contributed by atoms with E-state index < -0.39 is 11.6 Å². The Balaban J connectivity index is 1.66. The van der Waals surface area contributed by atoms with Gasteiger partial charge in [-0.05, 0) is 42.2 Å². The fourth-order valence-electron chi connectivity index (χ4n) is 3.28. The van der Waals surface area contributed by atoms with Gasteiger partial charge in [0.2, 0.25) is 0 Å². The number of halogens is 2. The maximum Gasteiger partial charge on any atom is 0.325 e. The van der Waals surface area contributed by atoms with Gasteiger partial charge in [-0.1, -0.05) is 62.2 Å². The summed E-state index contributed by atoms with van der Waals surface area (Å²) in [5.41, 5.74) is 0.525. The molecule has 0 aliphatic carbocycles. The lowest BCUT2D eigenvalue weighted by molar-refractivity contribution is -0.131. The Hall–Kier alpha value is -2.24. The van der Waals surface area contributed by atoms with E-state index in [1.807, 2.05) is 24.3 Å². The molecular formula is C22H24Cl2N2O3. The number of carbonyl (C=O) groups is 2. The van der Waals surface area contributed by atoms with Gasteiger partial charge in [0.05, 0.1) is 6.54 Å². The molecule has 1 saturated heterocycles. The molecule has 1 fully saturated rings. The molecule has 1 atom stereocenters. The lowest BCUT2D eigenvalue weighted by Crippen LogP contribution is -2.41. The van der Waals surface area contributed by atoms with E-state index in [1.54, 1.807) is 25.1 Å². The minimum atomic E-state index is -1.24. The molecule has 0 radical (unpaired) electrons. The Morgan fingerprint density at radius 1 is 1.07 bits per heavy atom. The van der Waals surface area contributed by atoms with Gasteiger partial charge < -0.3 is 10.1 Å². The van der Waals surface area contributed by atoms with Gasteiger partial charge in [-0.15, -0.1) is 0 Å². The summed E-state index contributed by atoms with van der Waals surface area (Å²) in [7, 11) is 0. The molecule has 1 unspecified atom stereocenters. The molecule has 3 amide bonds. The van der Waals surface area contributed by atoms with Crippen LogP contribution in [-0.2, 0) is 15.7 Å². The van der Waals surface area contributed by atoms with Crippen LogP contribution in [0.15, 0.2) is 42.5 Å². The van der Waals surface area contributed by atoms with Crippen LogP contribution in [0.4, 0.5) is 4.79 Å². The third-order valence-corrected chi connectivity index (χ3v) is 5.60. The van der Waals surface area contributed by atoms with Gasteiger partial charge >= 0.3 is 6.03 Å². The van der Waals surface area contributed by atoms with Crippen molar-refractivity contribution in [3.63, 3.8) is 0 Å². The zero-order chi connectivity index (χ0) is 21.4. The highest BCUT2D eigenvalue weighted by atomic mass is 35.5. The second-order valence-corrected chi connectivity index (χ2v) is 9.10. The Kier molecular flexibility index (Phi) is 5.84. The monoisotopic (exact) mass is 434 g/mol. The van der Waals surface area contributed by atoms with Gasteiger partial charge in [-0.25, -0.2) is 4.79 Å². The Morgan fingerprint density at radius 3 is 2.31 bits per heavy atom. The number of imide groups is 1. The highest BCUT2D eigenvalue weighted by Gasteiger charge is 2.49. The average Bonchev–Trinajstić information content (AvgIpc) is 2.85. The summed E-state index contributed by atoms with van der Waals surface area (Å²) in [5.74, 6) is 0.312. The number of hydrogen-bond acceptors (Lipinski definition) is 3. The Bertz CT molecular complexity index is 938. The molecule has 2 aromatic carbocycles. The van der Waals surface area contributed by atoms with Gasteiger partial charge in [0.1, 0.15) is 17.9 Å². The van der Waals surface area contributed by atoms with Crippen molar-refractivity contribution >= 4 is 35.1 Å². The zero-order valence-electron chi connectivity index (χ0n) is 16.9. The van der Waals surface area contributed by atoms with Gasteiger partial charge in [0.15, 0.2) is 0 Å². The van der Waals surface area contributed by atoms with E-state index in [0.717, 1.165) is 4.90 Å². The molecule has 5 nitrogen and oxygen atoms in total. The molecule has 0 aromatic heterocycles. The minimum absolute atomic E-state index is 0.0615. The minimum Gasteiger partial charge on any atom is -0.492 e. The number of rotatable bonds is 5. The van der Waals surface area contributed by atoms with E-state index in [1.165, 1.54) is 5.56 Å². The third-order valence-electron chi connectivity index (χ3n) is 5.05. The predicted molar refractivity (Wildman–Crippen MR) is 115 cm³/mol. The molecule has 1 heterocycles. The van der Waals surface area contributed by atoms with E-state index in [0.29, 0.717) is 21.4 Å². The molecule has 1 aliphatic rings. The highest BCUT2D eigenvalue weighted by Crippen LogP contribution is 2.35. The van der Waals surface area contributed by atoms with Crippen LogP contribution in [-0.4, -0.2) is 30.0 Å². The molecule has 2 aromatic rings. The normalized spacial score (nSPS) is 19.4. The highest BCUT2D eigenvalue weighted by molar-refractivity contribution is 6.35. The number of nitrogens with one attached hydrogen (secondary N) is 1. The quantitative estimate of drug-likeness (QED) is 0.662. The van der Waals surface area contributed by atoms with Gasteiger partial charge in [0.25, 0.3) is 5.91 Å². The van der Waals surface area contributed by atoms with E-state index in [-0.39, 0.29) is 24.5 Å². The van der Waals surface area contributed by atoms with Crippen LogP contribution >= 0.6 is 23.2 Å². The topological polar surface area (TPSA) is 58.6 Å². The molecule has 7 heteroatoms. The second-order valence-electron chi connectivity index (χ2n) is 8.26. The van der Waals surface area contributed by atoms with Crippen molar-refractivity contribution in [1.29, 1.82) is 0 Å². The first-order valence-corrected chi connectivity index (χ1v) is 10.1. The average molecular weight is 435 g/mol. The molecular weight excluding hydrogens is 411 g/mol. The van der Waals surface area contributed by atoms with Gasteiger partial charge in [-0.2, -0.15) is 0 Å². The number of nitrogens with zero attached hydrogens (tertiary/aromatic N) is 1. The third kappa shape index (κ3) is 4.36. The number of ether oxygens (including phenoxy) is 1. The maximum atomic E-state index is 13.0. The molecule has 1 N–H and O–H groups in total. The van der Waals surface area contributed by atoms with Gasteiger partial charge in [-0.3, -0.25) is 9.69 Å². The van der Waals surface area contributed by atoms with Crippen LogP contribution < -0.4 is 10.1 Å². The maximum absolute atomic E-state index is 13.0. The van der Waals surface area contributed by atoms with Crippen molar-refractivity contribution in [2.45, 2.75) is 38.6 Å². The number of benzene rings is 2. The molecule has 0 saturated carbocycles. The predicted octanol–water partition coefficient (Wildman–Crippen LogP) is 5.14. The number of urea groups is 1. The molecule has 3 rings (SSSR count). The van der Waals surface area contributed by atoms with Crippen LogP contribution in [0.1, 0.15) is 38.8 Å². The van der Waals surface area contributed by atoms with Crippen molar-refractivity contribution in [3.05, 3.63) is 63.6 Å². The summed E-state index contributed by atoms with van der Waals surface area (Å²) in [6.45, 7) is 8.39. The van der Waals surface area contributed by atoms with Crippen LogP contribution in [0.25, 0.3) is 0 Å². The lowest BCUT2D eigenvalue weighted by Gasteiger charge is -2.23. The number of amides is 3. The number of hydrogen-bond donors (Lipinski definition) is 1. The van der Waals surface area contributed by atoms with E-state index in [9.17, 15) is 9.59 Å². The summed E-state index contributed by atoms with van der Waals surface area (Å²) < 4.78 is 5.73. The summed E-state index contributed by atoms with van der Waals surface area (Å²) >= 11 is 12.2. The van der Waals surface area contributed by atoms with Gasteiger partial charge in [0, 0.05) is 15.6 Å². The molecule has 29 heavy (non-hydrogen) atoms. The molecule has 1 aliphatic heterocycles. The lowest BCUT2D eigenvalue weighted by atomic mass is 9.87. The van der Waals surface area contributed by atoms with Crippen molar-refractivity contribution in [3.8, 4) is 5.75 Å². The first kappa shape index (κ1) is 21.5. The summed E-state index contributed by atoms with van der Waals surface area (Å²) in [5, 5.41) is 3.52. The van der Waals surface area contributed by atoms with Crippen LogP contribution in [0, 0.1) is 0 Å². The van der Waals surface area contributed by atoms with E-state index in [4.69, 9.17) is 27.9 Å².